The minimum Gasteiger partial charge on any atom is -0.449 e. The Morgan fingerprint density at radius 3 is 2.67 bits per heavy atom. The van der Waals surface area contributed by atoms with Crippen LogP contribution >= 0.6 is 0 Å². The molecule has 0 aromatic heterocycles. The van der Waals surface area contributed by atoms with Gasteiger partial charge in [0.15, 0.2) is 0 Å². The molecule has 5 nitrogen and oxygen atoms in total. The molecule has 12 heavy (non-hydrogen) atoms. The minimum absolute atomic E-state index is 0.134. The molecule has 0 aliphatic heterocycles. The second-order valence-corrected chi connectivity index (χ2v) is 3.66. The molecule has 1 N–H and O–H groups in total. The lowest BCUT2D eigenvalue weighted by molar-refractivity contribution is 0.158. The highest BCUT2D eigenvalue weighted by Crippen LogP contribution is 1.86. The van der Waals surface area contributed by atoms with Gasteiger partial charge in [0, 0.05) is 0 Å². The van der Waals surface area contributed by atoms with Crippen LogP contribution in [0, 0.1) is 0 Å². The molecule has 0 aliphatic carbocycles. The summed E-state index contributed by atoms with van der Waals surface area (Å²) in [6.45, 7) is 4.95. The van der Waals surface area contributed by atoms with Crippen LogP contribution in [0.3, 0.4) is 0 Å². The Morgan fingerprint density at radius 1 is 1.67 bits per heavy atom. The third kappa shape index (κ3) is 4.73. The highest BCUT2D eigenvalue weighted by atomic mass is 32.2. The summed E-state index contributed by atoms with van der Waals surface area (Å²) in [5.41, 5.74) is 0. The molecule has 0 fully saturated rings. The van der Waals surface area contributed by atoms with E-state index in [-0.39, 0.29) is 12.4 Å². The van der Waals surface area contributed by atoms with Gasteiger partial charge < -0.3 is 4.74 Å². The Balaban J connectivity index is 4.06. The molecule has 1 amide bonds. The molecule has 0 aromatic rings. The van der Waals surface area contributed by atoms with E-state index in [0.29, 0.717) is 0 Å². The molecule has 0 unspecified atom stereocenters. The van der Waals surface area contributed by atoms with Crippen molar-refractivity contribution in [1.82, 2.24) is 4.72 Å². The van der Waals surface area contributed by atoms with E-state index in [4.69, 9.17) is 0 Å². The first kappa shape index (κ1) is 11.0. The summed E-state index contributed by atoms with van der Waals surface area (Å²) in [7, 11) is -3.60. The fourth-order valence-corrected chi connectivity index (χ4v) is 1.19. The van der Waals surface area contributed by atoms with Crippen LogP contribution in [0.1, 0.15) is 6.92 Å². The lowest BCUT2D eigenvalue weighted by Crippen LogP contribution is -2.32. The summed E-state index contributed by atoms with van der Waals surface area (Å²) >= 11 is 0. The van der Waals surface area contributed by atoms with Crippen molar-refractivity contribution in [2.45, 2.75) is 6.92 Å². The average Bonchev–Trinajstić information content (AvgIpc) is 1.85. The van der Waals surface area contributed by atoms with Crippen LogP contribution in [-0.4, -0.2) is 26.9 Å². The van der Waals surface area contributed by atoms with Crippen molar-refractivity contribution >= 4 is 16.1 Å². The average molecular weight is 193 g/mol. The maximum absolute atomic E-state index is 10.8. The Bertz CT molecular complexity index is 257. The molecule has 0 aromatic carbocycles. The molecule has 0 bridgehead atoms. The fourth-order valence-electron chi connectivity index (χ4n) is 0.484. The van der Waals surface area contributed by atoms with Crippen molar-refractivity contribution in [2.75, 3.05) is 12.4 Å². The Labute approximate surface area is 71.5 Å². The van der Waals surface area contributed by atoms with E-state index in [1.807, 2.05) is 0 Å². The van der Waals surface area contributed by atoms with E-state index >= 15 is 0 Å². The number of sulfonamides is 1. The van der Waals surface area contributed by atoms with Gasteiger partial charge in [0.05, 0.1) is 12.4 Å². The molecular weight excluding hydrogens is 182 g/mol. The molecule has 0 spiro atoms. The molecular formula is C6H11NO4S. The minimum atomic E-state index is -3.60. The highest BCUT2D eigenvalue weighted by molar-refractivity contribution is 7.90. The van der Waals surface area contributed by atoms with E-state index in [2.05, 4.69) is 11.3 Å². The second kappa shape index (κ2) is 4.76. The first-order chi connectivity index (χ1) is 5.52. The highest BCUT2D eigenvalue weighted by Gasteiger charge is 2.12. The van der Waals surface area contributed by atoms with Gasteiger partial charge in [-0.15, -0.1) is 6.58 Å². The topological polar surface area (TPSA) is 72.5 Å². The van der Waals surface area contributed by atoms with Gasteiger partial charge in [-0.1, -0.05) is 6.08 Å². The van der Waals surface area contributed by atoms with Crippen LogP contribution in [0.5, 0.6) is 0 Å². The monoisotopic (exact) mass is 193 g/mol. The van der Waals surface area contributed by atoms with E-state index in [1.165, 1.54) is 6.08 Å². The molecule has 0 radical (unpaired) electrons. The summed E-state index contributed by atoms with van der Waals surface area (Å²) in [6, 6.07) is 0. The smallest absolute Gasteiger partial charge is 0.420 e. The SMILES string of the molecule is C=CCS(=O)(=O)NC(=O)OCC. The number of rotatable bonds is 4. The van der Waals surface area contributed by atoms with Crippen LogP contribution in [0.2, 0.25) is 0 Å². The van der Waals surface area contributed by atoms with Crippen molar-refractivity contribution < 1.29 is 17.9 Å². The third-order valence-electron chi connectivity index (χ3n) is 0.852. The van der Waals surface area contributed by atoms with Crippen molar-refractivity contribution in [3.63, 3.8) is 0 Å². The van der Waals surface area contributed by atoms with E-state index in [9.17, 15) is 13.2 Å². The van der Waals surface area contributed by atoms with Gasteiger partial charge in [-0.05, 0) is 6.92 Å². The Kier molecular flexibility index (Phi) is 4.35. The molecule has 0 atom stereocenters. The lowest BCUT2D eigenvalue weighted by atomic mass is 10.8. The zero-order valence-electron chi connectivity index (χ0n) is 6.74. The Hall–Kier alpha value is -1.04. The van der Waals surface area contributed by atoms with Gasteiger partial charge in [0.25, 0.3) is 0 Å². The largest absolute Gasteiger partial charge is 0.449 e. The van der Waals surface area contributed by atoms with Gasteiger partial charge in [0.1, 0.15) is 0 Å². The lowest BCUT2D eigenvalue weighted by Gasteiger charge is -2.03. The van der Waals surface area contributed by atoms with Crippen LogP contribution in [0.4, 0.5) is 4.79 Å². The second-order valence-electron chi connectivity index (χ2n) is 1.89. The summed E-state index contributed by atoms with van der Waals surface area (Å²) in [6.07, 6.45) is 0.223. The van der Waals surface area contributed by atoms with Crippen LogP contribution < -0.4 is 4.72 Å². The van der Waals surface area contributed by atoms with Gasteiger partial charge in [0.2, 0.25) is 10.0 Å². The van der Waals surface area contributed by atoms with Crippen molar-refractivity contribution in [3.05, 3.63) is 12.7 Å². The fraction of sp³-hybridized carbons (Fsp3) is 0.500. The number of amides is 1. The summed E-state index contributed by atoms with van der Waals surface area (Å²) in [5, 5.41) is 0. The third-order valence-corrected chi connectivity index (χ3v) is 2.00. The molecule has 0 heterocycles. The molecule has 0 saturated heterocycles. The molecule has 0 aliphatic rings. The standard InChI is InChI=1S/C6H11NO4S/c1-3-5-12(9,10)7-6(8)11-4-2/h3H,1,4-5H2,2H3,(H,7,8). The van der Waals surface area contributed by atoms with Crippen LogP contribution in [-0.2, 0) is 14.8 Å². The van der Waals surface area contributed by atoms with Gasteiger partial charge in [-0.25, -0.2) is 17.9 Å². The number of hydrogen-bond acceptors (Lipinski definition) is 4. The Morgan fingerprint density at radius 2 is 2.25 bits per heavy atom. The quantitative estimate of drug-likeness (QED) is 0.649. The van der Waals surface area contributed by atoms with Crippen LogP contribution in [0.25, 0.3) is 0 Å². The van der Waals surface area contributed by atoms with Gasteiger partial charge >= 0.3 is 6.09 Å². The van der Waals surface area contributed by atoms with E-state index in [0.717, 1.165) is 0 Å². The predicted octanol–water partition coefficient (Wildman–Crippen LogP) is 0.248. The first-order valence-electron chi connectivity index (χ1n) is 3.30. The van der Waals surface area contributed by atoms with E-state index in [1.54, 1.807) is 11.6 Å². The summed E-state index contributed by atoms with van der Waals surface area (Å²) < 4.78 is 27.7. The zero-order chi connectivity index (χ0) is 9.61. The number of ether oxygens (including phenoxy) is 1. The number of nitrogens with one attached hydrogen (secondary N) is 1. The molecule has 70 valence electrons. The normalized spacial score (nSPS) is 10.4. The van der Waals surface area contributed by atoms with Gasteiger partial charge in [-0.2, -0.15) is 0 Å². The van der Waals surface area contributed by atoms with Crippen molar-refractivity contribution in [3.8, 4) is 0 Å². The van der Waals surface area contributed by atoms with Gasteiger partial charge in [-0.3, -0.25) is 0 Å². The van der Waals surface area contributed by atoms with E-state index < -0.39 is 16.1 Å². The maximum atomic E-state index is 10.8. The predicted molar refractivity (Wildman–Crippen MR) is 44.1 cm³/mol. The maximum Gasteiger partial charge on any atom is 0.420 e. The number of carbonyl (C=O) groups excluding carboxylic acids is 1. The number of hydrogen-bond donors (Lipinski definition) is 1. The molecule has 6 heteroatoms. The van der Waals surface area contributed by atoms with Crippen molar-refractivity contribution in [1.29, 1.82) is 0 Å². The zero-order valence-corrected chi connectivity index (χ0v) is 7.56. The molecule has 0 rings (SSSR count). The van der Waals surface area contributed by atoms with Crippen LogP contribution in [0.15, 0.2) is 12.7 Å². The van der Waals surface area contributed by atoms with Crippen molar-refractivity contribution in [2.24, 2.45) is 0 Å². The molecule has 0 saturated carbocycles. The first-order valence-corrected chi connectivity index (χ1v) is 4.95. The number of carbonyl (C=O) groups is 1. The summed E-state index contributed by atoms with van der Waals surface area (Å²) in [4.78, 5) is 10.6. The summed E-state index contributed by atoms with van der Waals surface area (Å²) in [5.74, 6) is -0.300.